The Kier molecular flexibility index (Phi) is 5.44. The third-order valence-electron chi connectivity index (χ3n) is 5.71. The standard InChI is InChI=1S/C23H28N2O2/c1-27-21-13-9-18(10-14-21)16-25(20-11-12-20)23(26)17-24-15-5-8-22(24)19-6-3-2-4-7-19/h2-4,6-7,9-10,13-14,20,22H,5,8,11-12,15-17H2,1H3. The number of carbonyl (C=O) groups is 1. The first-order valence-electron chi connectivity index (χ1n) is 9.96. The molecule has 1 amide bonds. The van der Waals surface area contributed by atoms with Gasteiger partial charge in [0.2, 0.25) is 5.91 Å². The van der Waals surface area contributed by atoms with E-state index in [1.807, 2.05) is 12.1 Å². The van der Waals surface area contributed by atoms with Crippen molar-refractivity contribution in [2.45, 2.75) is 44.3 Å². The lowest BCUT2D eigenvalue weighted by Gasteiger charge is -2.29. The van der Waals surface area contributed by atoms with Crippen molar-refractivity contribution in [2.75, 3.05) is 20.2 Å². The Bertz CT molecular complexity index is 756. The maximum atomic E-state index is 13.1. The number of rotatable bonds is 7. The van der Waals surface area contributed by atoms with E-state index in [2.05, 4.69) is 52.3 Å². The largest absolute Gasteiger partial charge is 0.497 e. The summed E-state index contributed by atoms with van der Waals surface area (Å²) in [5, 5.41) is 0. The lowest BCUT2D eigenvalue weighted by Crippen LogP contribution is -2.41. The van der Waals surface area contributed by atoms with Crippen LogP contribution in [0, 0.1) is 0 Å². The zero-order valence-electron chi connectivity index (χ0n) is 16.0. The van der Waals surface area contributed by atoms with E-state index >= 15 is 0 Å². The highest BCUT2D eigenvalue weighted by atomic mass is 16.5. The number of hydrogen-bond donors (Lipinski definition) is 0. The quantitative estimate of drug-likeness (QED) is 0.744. The van der Waals surface area contributed by atoms with Crippen LogP contribution in [0.3, 0.4) is 0 Å². The smallest absolute Gasteiger partial charge is 0.237 e. The number of benzene rings is 2. The van der Waals surface area contributed by atoms with Crippen LogP contribution < -0.4 is 4.74 Å². The van der Waals surface area contributed by atoms with Crippen LogP contribution in [0.15, 0.2) is 54.6 Å². The molecule has 1 aliphatic heterocycles. The Morgan fingerprint density at radius 3 is 2.48 bits per heavy atom. The molecule has 1 heterocycles. The maximum absolute atomic E-state index is 13.1. The molecule has 4 rings (SSSR count). The van der Waals surface area contributed by atoms with Gasteiger partial charge < -0.3 is 9.64 Å². The molecule has 1 unspecified atom stereocenters. The van der Waals surface area contributed by atoms with Crippen LogP contribution in [0.25, 0.3) is 0 Å². The van der Waals surface area contributed by atoms with Crippen molar-refractivity contribution in [1.29, 1.82) is 0 Å². The molecule has 0 radical (unpaired) electrons. The molecule has 2 aliphatic rings. The predicted octanol–water partition coefficient (Wildman–Crippen LogP) is 4.02. The number of methoxy groups -OCH3 is 1. The van der Waals surface area contributed by atoms with Gasteiger partial charge in [-0.3, -0.25) is 9.69 Å². The third-order valence-corrected chi connectivity index (χ3v) is 5.71. The first-order valence-corrected chi connectivity index (χ1v) is 9.96. The van der Waals surface area contributed by atoms with Gasteiger partial charge in [-0.1, -0.05) is 42.5 Å². The van der Waals surface area contributed by atoms with Crippen molar-refractivity contribution >= 4 is 5.91 Å². The van der Waals surface area contributed by atoms with Gasteiger partial charge in [0.05, 0.1) is 13.7 Å². The molecule has 2 aromatic rings. The summed E-state index contributed by atoms with van der Waals surface area (Å²) in [5.41, 5.74) is 2.49. The van der Waals surface area contributed by atoms with Crippen LogP contribution >= 0.6 is 0 Å². The highest BCUT2D eigenvalue weighted by Crippen LogP contribution is 2.33. The highest BCUT2D eigenvalue weighted by Gasteiger charge is 2.35. The SMILES string of the molecule is COc1ccc(CN(C(=O)CN2CCCC2c2ccccc2)C2CC2)cc1. The number of nitrogens with zero attached hydrogens (tertiary/aromatic N) is 2. The van der Waals surface area contributed by atoms with Crippen LogP contribution in [0.1, 0.15) is 42.9 Å². The summed E-state index contributed by atoms with van der Waals surface area (Å²) < 4.78 is 5.24. The molecule has 2 aromatic carbocycles. The number of carbonyl (C=O) groups excluding carboxylic acids is 1. The van der Waals surface area contributed by atoms with Crippen molar-refractivity contribution in [3.05, 3.63) is 65.7 Å². The van der Waals surface area contributed by atoms with Gasteiger partial charge in [-0.2, -0.15) is 0 Å². The van der Waals surface area contributed by atoms with Crippen molar-refractivity contribution in [1.82, 2.24) is 9.80 Å². The molecule has 0 aromatic heterocycles. The van der Waals surface area contributed by atoms with Crippen LogP contribution in [-0.2, 0) is 11.3 Å². The highest BCUT2D eigenvalue weighted by molar-refractivity contribution is 5.79. The average Bonchev–Trinajstić information content (AvgIpc) is 3.45. The summed E-state index contributed by atoms with van der Waals surface area (Å²) in [4.78, 5) is 17.6. The zero-order valence-corrected chi connectivity index (χ0v) is 16.0. The molecule has 1 saturated heterocycles. The van der Waals surface area contributed by atoms with E-state index in [9.17, 15) is 4.79 Å². The van der Waals surface area contributed by atoms with E-state index < -0.39 is 0 Å². The van der Waals surface area contributed by atoms with Crippen molar-refractivity contribution in [2.24, 2.45) is 0 Å². The fourth-order valence-corrected chi connectivity index (χ4v) is 4.07. The van der Waals surface area contributed by atoms with E-state index in [4.69, 9.17) is 4.74 Å². The molecule has 0 spiro atoms. The fraction of sp³-hybridized carbons (Fsp3) is 0.435. The number of hydrogen-bond acceptors (Lipinski definition) is 3. The first-order chi connectivity index (χ1) is 13.2. The summed E-state index contributed by atoms with van der Waals surface area (Å²) in [6.45, 7) is 2.22. The second kappa shape index (κ2) is 8.13. The van der Waals surface area contributed by atoms with Gasteiger partial charge in [-0.05, 0) is 55.5 Å². The normalized spacial score (nSPS) is 19.8. The summed E-state index contributed by atoms with van der Waals surface area (Å²) in [7, 11) is 1.67. The molecule has 4 heteroatoms. The second-order valence-corrected chi connectivity index (χ2v) is 7.64. The molecule has 4 nitrogen and oxygen atoms in total. The summed E-state index contributed by atoms with van der Waals surface area (Å²) in [6.07, 6.45) is 4.56. The lowest BCUT2D eigenvalue weighted by atomic mass is 10.0. The number of likely N-dealkylation sites (tertiary alicyclic amines) is 1. The van der Waals surface area contributed by atoms with E-state index in [0.29, 0.717) is 25.2 Å². The van der Waals surface area contributed by atoms with E-state index in [1.54, 1.807) is 7.11 Å². The molecular formula is C23H28N2O2. The Morgan fingerprint density at radius 2 is 1.81 bits per heavy atom. The van der Waals surface area contributed by atoms with Gasteiger partial charge in [0.15, 0.2) is 0 Å². The monoisotopic (exact) mass is 364 g/mol. The van der Waals surface area contributed by atoms with Gasteiger partial charge >= 0.3 is 0 Å². The second-order valence-electron chi connectivity index (χ2n) is 7.64. The topological polar surface area (TPSA) is 32.8 Å². The van der Waals surface area contributed by atoms with Gasteiger partial charge in [-0.25, -0.2) is 0 Å². The zero-order chi connectivity index (χ0) is 18.6. The number of ether oxygens (including phenoxy) is 1. The first kappa shape index (κ1) is 18.1. The van der Waals surface area contributed by atoms with Crippen molar-refractivity contribution in [3.8, 4) is 5.75 Å². The minimum absolute atomic E-state index is 0.260. The molecule has 0 bridgehead atoms. The fourth-order valence-electron chi connectivity index (χ4n) is 4.07. The minimum Gasteiger partial charge on any atom is -0.497 e. The summed E-state index contributed by atoms with van der Waals surface area (Å²) in [6, 6.07) is 19.4. The molecule has 1 saturated carbocycles. The molecule has 27 heavy (non-hydrogen) atoms. The lowest BCUT2D eigenvalue weighted by molar-refractivity contribution is -0.133. The summed E-state index contributed by atoms with van der Waals surface area (Å²) >= 11 is 0. The molecule has 0 N–H and O–H groups in total. The minimum atomic E-state index is 0.260. The van der Waals surface area contributed by atoms with E-state index in [0.717, 1.165) is 43.5 Å². The molecule has 1 atom stereocenters. The molecule has 142 valence electrons. The van der Waals surface area contributed by atoms with E-state index in [1.165, 1.54) is 5.56 Å². The predicted molar refractivity (Wildman–Crippen MR) is 107 cm³/mol. The molecular weight excluding hydrogens is 336 g/mol. The van der Waals surface area contributed by atoms with Gasteiger partial charge in [-0.15, -0.1) is 0 Å². The van der Waals surface area contributed by atoms with Gasteiger partial charge in [0.1, 0.15) is 5.75 Å². The van der Waals surface area contributed by atoms with Gasteiger partial charge in [0, 0.05) is 18.6 Å². The maximum Gasteiger partial charge on any atom is 0.237 e. The Balaban J connectivity index is 1.43. The Morgan fingerprint density at radius 1 is 1.07 bits per heavy atom. The number of amides is 1. The summed E-state index contributed by atoms with van der Waals surface area (Å²) in [5.74, 6) is 1.11. The average molecular weight is 364 g/mol. The van der Waals surface area contributed by atoms with Crippen molar-refractivity contribution in [3.63, 3.8) is 0 Å². The van der Waals surface area contributed by atoms with Crippen LogP contribution in [0.2, 0.25) is 0 Å². The van der Waals surface area contributed by atoms with Crippen LogP contribution in [0.5, 0.6) is 5.75 Å². The van der Waals surface area contributed by atoms with Gasteiger partial charge in [0.25, 0.3) is 0 Å². The van der Waals surface area contributed by atoms with E-state index in [-0.39, 0.29) is 5.91 Å². The van der Waals surface area contributed by atoms with Crippen LogP contribution in [0.4, 0.5) is 0 Å². The molecule has 1 aliphatic carbocycles. The Hall–Kier alpha value is -2.33. The molecule has 2 fully saturated rings. The van der Waals surface area contributed by atoms with Crippen LogP contribution in [-0.4, -0.2) is 41.9 Å². The van der Waals surface area contributed by atoms with Crippen molar-refractivity contribution < 1.29 is 9.53 Å². The Labute approximate surface area is 161 Å². The third kappa shape index (κ3) is 4.33.